The highest BCUT2D eigenvalue weighted by molar-refractivity contribution is 9.10. The number of aryl methyl sites for hydroxylation is 1. The van der Waals surface area contributed by atoms with Crippen LogP contribution in [0, 0.1) is 5.92 Å². The van der Waals surface area contributed by atoms with Crippen molar-refractivity contribution in [3.63, 3.8) is 0 Å². The van der Waals surface area contributed by atoms with Gasteiger partial charge in [-0.3, -0.25) is 0 Å². The van der Waals surface area contributed by atoms with Crippen LogP contribution in [0.1, 0.15) is 51.5 Å². The molecule has 0 spiro atoms. The van der Waals surface area contributed by atoms with Gasteiger partial charge in [-0.2, -0.15) is 0 Å². The van der Waals surface area contributed by atoms with E-state index in [1.54, 1.807) is 0 Å². The number of halogens is 1. The van der Waals surface area contributed by atoms with Crippen molar-refractivity contribution in [1.29, 1.82) is 0 Å². The fourth-order valence-corrected chi connectivity index (χ4v) is 3.42. The Hall–Kier alpha value is -0.500. The van der Waals surface area contributed by atoms with E-state index in [1.807, 2.05) is 0 Å². The molecule has 0 aromatic heterocycles. The molecule has 0 radical (unpaired) electrons. The molecule has 1 saturated carbocycles. The third-order valence-corrected chi connectivity index (χ3v) is 4.66. The number of nitrogens with one attached hydrogen (secondary N) is 1. The van der Waals surface area contributed by atoms with Gasteiger partial charge in [-0.25, -0.2) is 0 Å². The second-order valence-corrected chi connectivity index (χ2v) is 6.35. The molecule has 0 saturated heterocycles. The van der Waals surface area contributed by atoms with Crippen LogP contribution < -0.4 is 5.32 Å². The summed E-state index contributed by atoms with van der Waals surface area (Å²) in [6, 6.07) is 7.28. The SMILES string of the molecule is CCc1cc(Br)ccc1NC1CCCC(CC)C1. The summed E-state index contributed by atoms with van der Waals surface area (Å²) in [5, 5.41) is 3.77. The lowest BCUT2D eigenvalue weighted by molar-refractivity contribution is 0.327. The summed E-state index contributed by atoms with van der Waals surface area (Å²) in [5.41, 5.74) is 2.76. The van der Waals surface area contributed by atoms with Crippen LogP contribution in [0.5, 0.6) is 0 Å². The van der Waals surface area contributed by atoms with Gasteiger partial charge in [-0.15, -0.1) is 0 Å². The predicted octanol–water partition coefficient (Wildman–Crippen LogP) is 5.39. The first-order valence-electron chi connectivity index (χ1n) is 7.27. The zero-order valence-electron chi connectivity index (χ0n) is 11.5. The standard InChI is InChI=1S/C16H24BrN/c1-3-12-6-5-7-15(10-12)18-16-9-8-14(17)11-13(16)4-2/h8-9,11-12,15,18H,3-7,10H2,1-2H3. The van der Waals surface area contributed by atoms with Gasteiger partial charge >= 0.3 is 0 Å². The Morgan fingerprint density at radius 3 is 2.83 bits per heavy atom. The van der Waals surface area contributed by atoms with Crippen LogP contribution in [0.25, 0.3) is 0 Å². The Kier molecular flexibility index (Phi) is 5.11. The molecular formula is C16H24BrN. The Labute approximate surface area is 119 Å². The van der Waals surface area contributed by atoms with E-state index in [0.717, 1.165) is 12.3 Å². The molecule has 100 valence electrons. The molecule has 2 heteroatoms. The minimum atomic E-state index is 0.676. The molecule has 0 aliphatic heterocycles. The first-order valence-corrected chi connectivity index (χ1v) is 8.07. The molecule has 1 fully saturated rings. The van der Waals surface area contributed by atoms with Gasteiger partial charge in [0.2, 0.25) is 0 Å². The number of rotatable bonds is 4. The smallest absolute Gasteiger partial charge is 0.0375 e. The lowest BCUT2D eigenvalue weighted by Gasteiger charge is -2.30. The quantitative estimate of drug-likeness (QED) is 0.786. The summed E-state index contributed by atoms with van der Waals surface area (Å²) in [6.45, 7) is 4.55. The average molecular weight is 310 g/mol. The molecule has 1 aromatic rings. The van der Waals surface area contributed by atoms with Crippen LogP contribution in [-0.2, 0) is 6.42 Å². The summed E-state index contributed by atoms with van der Waals surface area (Å²) >= 11 is 3.56. The van der Waals surface area contributed by atoms with Crippen LogP contribution in [0.15, 0.2) is 22.7 Å². The Bertz CT molecular complexity index is 389. The minimum Gasteiger partial charge on any atom is -0.382 e. The molecule has 1 nitrogen and oxygen atoms in total. The molecular weight excluding hydrogens is 286 g/mol. The molecule has 1 aromatic carbocycles. The molecule has 0 bridgehead atoms. The maximum atomic E-state index is 3.77. The summed E-state index contributed by atoms with van der Waals surface area (Å²) in [6.07, 6.45) is 7.90. The van der Waals surface area contributed by atoms with Gasteiger partial charge in [-0.1, -0.05) is 49.0 Å². The molecule has 1 aliphatic rings. The van der Waals surface area contributed by atoms with Crippen LogP contribution >= 0.6 is 15.9 Å². The van der Waals surface area contributed by atoms with E-state index >= 15 is 0 Å². The van der Waals surface area contributed by atoms with Crippen LogP contribution in [0.3, 0.4) is 0 Å². The van der Waals surface area contributed by atoms with E-state index in [4.69, 9.17) is 0 Å². The summed E-state index contributed by atoms with van der Waals surface area (Å²) in [7, 11) is 0. The maximum absolute atomic E-state index is 3.77. The second kappa shape index (κ2) is 6.60. The summed E-state index contributed by atoms with van der Waals surface area (Å²) in [4.78, 5) is 0. The third kappa shape index (κ3) is 3.50. The van der Waals surface area contributed by atoms with Crippen molar-refractivity contribution in [2.45, 2.75) is 58.4 Å². The lowest BCUT2D eigenvalue weighted by atomic mass is 9.84. The van der Waals surface area contributed by atoms with E-state index in [9.17, 15) is 0 Å². The molecule has 2 atom stereocenters. The van der Waals surface area contributed by atoms with Crippen molar-refractivity contribution in [3.8, 4) is 0 Å². The van der Waals surface area contributed by atoms with E-state index in [0.29, 0.717) is 6.04 Å². The molecule has 0 heterocycles. The first-order chi connectivity index (χ1) is 8.72. The van der Waals surface area contributed by atoms with Gasteiger partial charge in [0.25, 0.3) is 0 Å². The first kappa shape index (κ1) is 13.9. The number of anilines is 1. The topological polar surface area (TPSA) is 12.0 Å². The largest absolute Gasteiger partial charge is 0.382 e. The molecule has 1 aliphatic carbocycles. The number of hydrogen-bond acceptors (Lipinski definition) is 1. The monoisotopic (exact) mass is 309 g/mol. The number of hydrogen-bond donors (Lipinski definition) is 1. The molecule has 2 unspecified atom stereocenters. The molecule has 2 rings (SSSR count). The fourth-order valence-electron chi connectivity index (χ4n) is 3.01. The Morgan fingerprint density at radius 1 is 1.28 bits per heavy atom. The van der Waals surface area contributed by atoms with Crippen molar-refractivity contribution in [3.05, 3.63) is 28.2 Å². The Morgan fingerprint density at radius 2 is 2.11 bits per heavy atom. The normalized spacial score (nSPS) is 23.9. The van der Waals surface area contributed by atoms with Crippen LogP contribution in [-0.4, -0.2) is 6.04 Å². The van der Waals surface area contributed by atoms with Gasteiger partial charge in [0.1, 0.15) is 0 Å². The molecule has 18 heavy (non-hydrogen) atoms. The third-order valence-electron chi connectivity index (χ3n) is 4.17. The maximum Gasteiger partial charge on any atom is 0.0375 e. The fraction of sp³-hybridized carbons (Fsp3) is 0.625. The van der Waals surface area contributed by atoms with Crippen molar-refractivity contribution in [2.24, 2.45) is 5.92 Å². The predicted molar refractivity (Wildman–Crippen MR) is 83.2 cm³/mol. The van der Waals surface area contributed by atoms with Gasteiger partial charge in [-0.05, 0) is 48.9 Å². The lowest BCUT2D eigenvalue weighted by Crippen LogP contribution is -2.27. The van der Waals surface area contributed by atoms with Gasteiger partial charge < -0.3 is 5.32 Å². The highest BCUT2D eigenvalue weighted by atomic mass is 79.9. The van der Waals surface area contributed by atoms with E-state index in [1.165, 1.54) is 47.8 Å². The average Bonchev–Trinajstić information content (AvgIpc) is 2.41. The highest BCUT2D eigenvalue weighted by Crippen LogP contribution is 2.30. The highest BCUT2D eigenvalue weighted by Gasteiger charge is 2.20. The van der Waals surface area contributed by atoms with Crippen molar-refractivity contribution in [2.75, 3.05) is 5.32 Å². The van der Waals surface area contributed by atoms with Crippen LogP contribution in [0.2, 0.25) is 0 Å². The van der Waals surface area contributed by atoms with Crippen molar-refractivity contribution >= 4 is 21.6 Å². The van der Waals surface area contributed by atoms with Crippen molar-refractivity contribution in [1.82, 2.24) is 0 Å². The van der Waals surface area contributed by atoms with E-state index in [-0.39, 0.29) is 0 Å². The number of benzene rings is 1. The van der Waals surface area contributed by atoms with Crippen LogP contribution in [0.4, 0.5) is 5.69 Å². The summed E-state index contributed by atoms with van der Waals surface area (Å²) in [5.74, 6) is 0.928. The summed E-state index contributed by atoms with van der Waals surface area (Å²) < 4.78 is 1.18. The van der Waals surface area contributed by atoms with Gasteiger partial charge in [0.15, 0.2) is 0 Å². The van der Waals surface area contributed by atoms with Gasteiger partial charge in [0, 0.05) is 16.2 Å². The minimum absolute atomic E-state index is 0.676. The van der Waals surface area contributed by atoms with Gasteiger partial charge in [0.05, 0.1) is 0 Å². The van der Waals surface area contributed by atoms with E-state index in [2.05, 4.69) is 53.3 Å². The van der Waals surface area contributed by atoms with Crippen molar-refractivity contribution < 1.29 is 0 Å². The second-order valence-electron chi connectivity index (χ2n) is 5.44. The van der Waals surface area contributed by atoms with E-state index < -0.39 is 0 Å². The Balaban J connectivity index is 2.04. The zero-order chi connectivity index (χ0) is 13.0. The molecule has 0 amide bonds. The molecule has 1 N–H and O–H groups in total. The zero-order valence-corrected chi connectivity index (χ0v) is 13.1.